The number of nitrogens with zero attached hydrogens (tertiary/aromatic N) is 4. The lowest BCUT2D eigenvalue weighted by Gasteiger charge is -2.44. The van der Waals surface area contributed by atoms with Crippen LogP contribution in [0.15, 0.2) is 36.7 Å². The van der Waals surface area contributed by atoms with Crippen LogP contribution < -0.4 is 10.2 Å². The third kappa shape index (κ3) is 4.24. The fourth-order valence-corrected chi connectivity index (χ4v) is 5.60. The SMILES string of the molecule is CC(=O)N1[C@H](C)CN(c2cccc(-c3c[nH]c4ncc(NC(=O)C5CCCC5)cc34)n2)C[C@@H]1C.[HH]. The smallest absolute Gasteiger partial charge is 0.227 e. The van der Waals surface area contributed by atoms with E-state index in [4.69, 9.17) is 4.98 Å². The molecule has 2 N–H and O–H groups in total. The van der Waals surface area contributed by atoms with Gasteiger partial charge in [-0.05, 0) is 44.9 Å². The Morgan fingerprint density at radius 2 is 1.88 bits per heavy atom. The van der Waals surface area contributed by atoms with Crippen LogP contribution in [0, 0.1) is 5.92 Å². The third-order valence-electron chi connectivity index (χ3n) is 7.14. The summed E-state index contributed by atoms with van der Waals surface area (Å²) in [7, 11) is 0. The van der Waals surface area contributed by atoms with Gasteiger partial charge in [-0.2, -0.15) is 0 Å². The molecule has 5 rings (SSSR count). The molecule has 0 spiro atoms. The van der Waals surface area contributed by atoms with Crippen LogP contribution >= 0.6 is 0 Å². The lowest BCUT2D eigenvalue weighted by atomic mass is 10.1. The van der Waals surface area contributed by atoms with Gasteiger partial charge in [0.2, 0.25) is 11.8 Å². The van der Waals surface area contributed by atoms with Gasteiger partial charge in [0.15, 0.2) is 0 Å². The molecular formula is C26H34N6O2. The number of aromatic amines is 1. The maximum atomic E-state index is 12.6. The number of rotatable bonds is 4. The van der Waals surface area contributed by atoms with Crippen LogP contribution in [0.25, 0.3) is 22.3 Å². The highest BCUT2D eigenvalue weighted by atomic mass is 16.2. The van der Waals surface area contributed by atoms with Crippen LogP contribution in [0.2, 0.25) is 0 Å². The van der Waals surface area contributed by atoms with E-state index in [0.29, 0.717) is 5.69 Å². The summed E-state index contributed by atoms with van der Waals surface area (Å²) in [6, 6.07) is 8.25. The summed E-state index contributed by atoms with van der Waals surface area (Å²) < 4.78 is 0. The van der Waals surface area contributed by atoms with Crippen LogP contribution in [-0.4, -0.2) is 56.8 Å². The molecule has 0 aromatic carbocycles. The molecule has 2 atom stereocenters. The van der Waals surface area contributed by atoms with Crippen molar-refractivity contribution < 1.29 is 11.0 Å². The first-order valence-electron chi connectivity index (χ1n) is 12.2. The largest absolute Gasteiger partial charge is 0.352 e. The number of H-pyrrole nitrogens is 1. The molecule has 0 radical (unpaired) electrons. The van der Waals surface area contributed by atoms with Crippen molar-refractivity contribution in [1.82, 2.24) is 19.9 Å². The molecule has 2 aliphatic rings. The lowest BCUT2D eigenvalue weighted by molar-refractivity contribution is -0.133. The first-order chi connectivity index (χ1) is 16.4. The number of hydrogen-bond donors (Lipinski definition) is 2. The minimum absolute atomic E-state index is 0. The van der Waals surface area contributed by atoms with E-state index < -0.39 is 0 Å². The summed E-state index contributed by atoms with van der Waals surface area (Å²) in [6.45, 7) is 7.29. The Morgan fingerprint density at radius 3 is 2.59 bits per heavy atom. The van der Waals surface area contributed by atoms with E-state index >= 15 is 0 Å². The molecule has 4 heterocycles. The van der Waals surface area contributed by atoms with Crippen molar-refractivity contribution in [3.8, 4) is 11.3 Å². The van der Waals surface area contributed by atoms with Gasteiger partial charge in [0.25, 0.3) is 0 Å². The number of nitrogens with one attached hydrogen (secondary N) is 2. The average Bonchev–Trinajstić information content (AvgIpc) is 3.48. The van der Waals surface area contributed by atoms with Crippen molar-refractivity contribution in [2.45, 2.75) is 58.5 Å². The highest BCUT2D eigenvalue weighted by Gasteiger charge is 2.31. The van der Waals surface area contributed by atoms with Gasteiger partial charge in [-0.3, -0.25) is 9.59 Å². The fraction of sp³-hybridized carbons (Fsp3) is 0.462. The molecule has 8 heteroatoms. The average molecular weight is 463 g/mol. The summed E-state index contributed by atoms with van der Waals surface area (Å²) >= 11 is 0. The second-order valence-electron chi connectivity index (χ2n) is 9.70. The Balaban J connectivity index is 0.00000289. The van der Waals surface area contributed by atoms with Crippen LogP contribution in [0.1, 0.15) is 47.9 Å². The van der Waals surface area contributed by atoms with Crippen LogP contribution in [0.5, 0.6) is 0 Å². The number of fused-ring (bicyclic) bond motifs is 1. The van der Waals surface area contributed by atoms with E-state index in [1.54, 1.807) is 13.1 Å². The van der Waals surface area contributed by atoms with Crippen LogP contribution in [-0.2, 0) is 9.59 Å². The van der Waals surface area contributed by atoms with Gasteiger partial charge in [0, 0.05) is 56.6 Å². The van der Waals surface area contributed by atoms with Gasteiger partial charge in [0.05, 0.1) is 17.6 Å². The molecule has 1 saturated carbocycles. The molecule has 1 aliphatic carbocycles. The predicted molar refractivity (Wildman–Crippen MR) is 136 cm³/mol. The quantitative estimate of drug-likeness (QED) is 0.598. The number of piperazine rings is 1. The third-order valence-corrected chi connectivity index (χ3v) is 7.14. The number of amides is 2. The summed E-state index contributed by atoms with van der Waals surface area (Å²) in [6.07, 6.45) is 7.81. The topological polar surface area (TPSA) is 94.2 Å². The Bertz CT molecular complexity index is 1210. The van der Waals surface area contributed by atoms with E-state index in [9.17, 15) is 9.59 Å². The van der Waals surface area contributed by atoms with Crippen molar-refractivity contribution in [2.75, 3.05) is 23.3 Å². The van der Waals surface area contributed by atoms with Gasteiger partial charge in [-0.15, -0.1) is 0 Å². The predicted octanol–water partition coefficient (Wildman–Crippen LogP) is 4.45. The van der Waals surface area contributed by atoms with E-state index in [0.717, 1.165) is 66.9 Å². The van der Waals surface area contributed by atoms with Gasteiger partial charge in [-0.25, -0.2) is 9.97 Å². The van der Waals surface area contributed by atoms with E-state index in [1.807, 2.05) is 35.4 Å². The zero-order valence-corrected chi connectivity index (χ0v) is 20.0. The summed E-state index contributed by atoms with van der Waals surface area (Å²) in [5.41, 5.74) is 3.27. The Kier molecular flexibility index (Phi) is 5.98. The molecule has 2 fully saturated rings. The number of carbonyl (C=O) groups is 2. The first kappa shape index (κ1) is 22.4. The highest BCUT2D eigenvalue weighted by molar-refractivity contribution is 5.98. The van der Waals surface area contributed by atoms with Gasteiger partial charge < -0.3 is 20.1 Å². The molecule has 3 aromatic heterocycles. The second kappa shape index (κ2) is 9.08. The maximum Gasteiger partial charge on any atom is 0.227 e. The molecule has 2 amide bonds. The Labute approximate surface area is 201 Å². The summed E-state index contributed by atoms with van der Waals surface area (Å²) in [4.78, 5) is 41.5. The molecule has 0 unspecified atom stereocenters. The van der Waals surface area contributed by atoms with E-state index in [-0.39, 0.29) is 31.2 Å². The molecule has 8 nitrogen and oxygen atoms in total. The molecule has 0 bridgehead atoms. The Hall–Kier alpha value is -3.42. The van der Waals surface area contributed by atoms with E-state index in [1.165, 1.54) is 0 Å². The summed E-state index contributed by atoms with van der Waals surface area (Å²) in [5, 5.41) is 3.98. The number of anilines is 2. The minimum Gasteiger partial charge on any atom is -0.352 e. The molecule has 34 heavy (non-hydrogen) atoms. The van der Waals surface area contributed by atoms with Crippen molar-refractivity contribution in [1.29, 1.82) is 0 Å². The number of pyridine rings is 2. The van der Waals surface area contributed by atoms with Crippen LogP contribution in [0.3, 0.4) is 0 Å². The van der Waals surface area contributed by atoms with Gasteiger partial charge >= 0.3 is 0 Å². The minimum atomic E-state index is 0. The number of hydrogen-bond acceptors (Lipinski definition) is 5. The lowest BCUT2D eigenvalue weighted by Crippen LogP contribution is -2.58. The highest BCUT2D eigenvalue weighted by Crippen LogP contribution is 2.31. The van der Waals surface area contributed by atoms with Crippen molar-refractivity contribution in [2.24, 2.45) is 5.92 Å². The van der Waals surface area contributed by atoms with Crippen molar-refractivity contribution in [3.63, 3.8) is 0 Å². The zero-order valence-electron chi connectivity index (χ0n) is 20.0. The second-order valence-corrected chi connectivity index (χ2v) is 9.70. The Morgan fingerprint density at radius 1 is 1.15 bits per heavy atom. The number of carbonyl (C=O) groups excluding carboxylic acids is 2. The standard InChI is InChI=1S/C26H32N6O2.H2/c1-16-14-31(15-17(2)32(16)18(3)33)24-10-6-9-23(30-24)22-13-28-25-21(22)11-20(12-27-25)29-26(34)19-7-4-5-8-19;/h6,9-13,16-17,19H,4-5,7-8,14-15H2,1-3H3,(H,27,28)(H,29,34);1H/t16-,17+;. The zero-order chi connectivity index (χ0) is 23.8. The summed E-state index contributed by atoms with van der Waals surface area (Å²) in [5.74, 6) is 1.20. The molecule has 180 valence electrons. The van der Waals surface area contributed by atoms with Crippen LogP contribution in [0.4, 0.5) is 11.5 Å². The van der Waals surface area contributed by atoms with E-state index in [2.05, 4.69) is 34.0 Å². The first-order valence-corrected chi connectivity index (χ1v) is 12.2. The van der Waals surface area contributed by atoms with Gasteiger partial charge in [0.1, 0.15) is 11.5 Å². The molecule has 3 aromatic rings. The molecule has 1 aliphatic heterocycles. The monoisotopic (exact) mass is 462 g/mol. The number of aromatic nitrogens is 3. The maximum absolute atomic E-state index is 12.6. The van der Waals surface area contributed by atoms with Crippen molar-refractivity contribution in [3.05, 3.63) is 36.7 Å². The normalized spacial score (nSPS) is 21.3. The molecule has 1 saturated heterocycles. The molecular weight excluding hydrogens is 428 g/mol. The van der Waals surface area contributed by atoms with Crippen molar-refractivity contribution >= 4 is 34.4 Å². The van der Waals surface area contributed by atoms with Gasteiger partial charge in [-0.1, -0.05) is 18.9 Å². The fourth-order valence-electron chi connectivity index (χ4n) is 5.60.